The van der Waals surface area contributed by atoms with E-state index >= 15 is 0 Å². The minimum absolute atomic E-state index is 0.0589. The van der Waals surface area contributed by atoms with Crippen LogP contribution in [-0.2, 0) is 0 Å². The molecule has 88 valence electrons. The van der Waals surface area contributed by atoms with Crippen molar-refractivity contribution >= 4 is 23.1 Å². The molecule has 1 aromatic heterocycles. The van der Waals surface area contributed by atoms with Crippen molar-refractivity contribution in [3.8, 4) is 0 Å². The summed E-state index contributed by atoms with van der Waals surface area (Å²) in [5.74, 6) is 0.425. The fourth-order valence-electron chi connectivity index (χ4n) is 1.04. The fraction of sp³-hybridized carbons (Fsp3) is 0.500. The Morgan fingerprint density at radius 2 is 2.12 bits per heavy atom. The standard InChI is InChI=1S/C10H14ClN3O2/c1-10(2,3)6-12-9-5-7(14(15)16)4-8(11)13-9/h4-5H,6H2,1-3H3,(H,12,13). The normalized spacial score (nSPS) is 11.2. The molecular formula is C10H14ClN3O2. The summed E-state index contributed by atoms with van der Waals surface area (Å²) in [6, 6.07) is 2.60. The summed E-state index contributed by atoms with van der Waals surface area (Å²) >= 11 is 5.69. The van der Waals surface area contributed by atoms with Gasteiger partial charge in [0.1, 0.15) is 11.0 Å². The quantitative estimate of drug-likeness (QED) is 0.503. The molecular weight excluding hydrogens is 230 g/mol. The topological polar surface area (TPSA) is 68.1 Å². The highest BCUT2D eigenvalue weighted by atomic mass is 35.5. The van der Waals surface area contributed by atoms with E-state index in [-0.39, 0.29) is 16.3 Å². The van der Waals surface area contributed by atoms with Gasteiger partial charge in [-0.05, 0) is 5.41 Å². The molecule has 1 rings (SSSR count). The van der Waals surface area contributed by atoms with Gasteiger partial charge in [-0.15, -0.1) is 0 Å². The lowest BCUT2D eigenvalue weighted by molar-refractivity contribution is -0.384. The van der Waals surface area contributed by atoms with Crippen LogP contribution in [0.25, 0.3) is 0 Å². The van der Waals surface area contributed by atoms with E-state index < -0.39 is 4.92 Å². The Morgan fingerprint density at radius 1 is 1.50 bits per heavy atom. The van der Waals surface area contributed by atoms with Gasteiger partial charge in [-0.25, -0.2) is 4.98 Å². The van der Waals surface area contributed by atoms with E-state index in [2.05, 4.69) is 31.1 Å². The molecule has 0 saturated heterocycles. The summed E-state index contributed by atoms with van der Waals surface area (Å²) in [7, 11) is 0. The maximum Gasteiger partial charge on any atom is 0.276 e. The molecule has 0 spiro atoms. The van der Waals surface area contributed by atoms with E-state index in [4.69, 9.17) is 11.6 Å². The number of halogens is 1. The summed E-state index contributed by atoms with van der Waals surface area (Å²) in [6.45, 7) is 6.83. The highest BCUT2D eigenvalue weighted by molar-refractivity contribution is 6.29. The lowest BCUT2D eigenvalue weighted by Gasteiger charge is -2.18. The number of rotatable bonds is 3. The van der Waals surface area contributed by atoms with Crippen LogP contribution in [0.3, 0.4) is 0 Å². The number of hydrogen-bond acceptors (Lipinski definition) is 4. The first kappa shape index (κ1) is 12.7. The molecule has 0 atom stereocenters. The van der Waals surface area contributed by atoms with E-state index in [0.29, 0.717) is 12.4 Å². The predicted octanol–water partition coefficient (Wildman–Crippen LogP) is 3.10. The van der Waals surface area contributed by atoms with E-state index in [1.165, 1.54) is 12.1 Å². The Bertz CT molecular complexity index is 402. The van der Waals surface area contributed by atoms with Gasteiger partial charge in [0, 0.05) is 6.54 Å². The van der Waals surface area contributed by atoms with Gasteiger partial charge < -0.3 is 5.32 Å². The maximum atomic E-state index is 10.6. The zero-order valence-electron chi connectivity index (χ0n) is 9.45. The zero-order valence-corrected chi connectivity index (χ0v) is 10.2. The molecule has 0 radical (unpaired) electrons. The van der Waals surface area contributed by atoms with Crippen molar-refractivity contribution in [2.24, 2.45) is 5.41 Å². The highest BCUT2D eigenvalue weighted by Crippen LogP contribution is 2.21. The predicted molar refractivity (Wildman–Crippen MR) is 63.8 cm³/mol. The van der Waals surface area contributed by atoms with Crippen LogP contribution in [0.5, 0.6) is 0 Å². The van der Waals surface area contributed by atoms with Crippen LogP contribution in [0.15, 0.2) is 12.1 Å². The second kappa shape index (κ2) is 4.65. The Labute approximate surface area is 99.0 Å². The van der Waals surface area contributed by atoms with Crippen LogP contribution in [0.2, 0.25) is 5.15 Å². The number of anilines is 1. The lowest BCUT2D eigenvalue weighted by Crippen LogP contribution is -2.19. The number of hydrogen-bond donors (Lipinski definition) is 1. The van der Waals surface area contributed by atoms with Crippen LogP contribution in [0, 0.1) is 15.5 Å². The third-order valence-electron chi connectivity index (χ3n) is 1.79. The summed E-state index contributed by atoms with van der Waals surface area (Å²) < 4.78 is 0. The number of nitrogens with one attached hydrogen (secondary N) is 1. The molecule has 0 aliphatic carbocycles. The van der Waals surface area contributed by atoms with Crippen molar-refractivity contribution in [3.05, 3.63) is 27.4 Å². The highest BCUT2D eigenvalue weighted by Gasteiger charge is 2.13. The molecule has 1 N–H and O–H groups in total. The van der Waals surface area contributed by atoms with Crippen molar-refractivity contribution in [3.63, 3.8) is 0 Å². The molecule has 16 heavy (non-hydrogen) atoms. The van der Waals surface area contributed by atoms with Gasteiger partial charge in [0.05, 0.1) is 17.1 Å². The van der Waals surface area contributed by atoms with Gasteiger partial charge in [-0.3, -0.25) is 10.1 Å². The Kier molecular flexibility index (Phi) is 3.70. The minimum atomic E-state index is -0.490. The summed E-state index contributed by atoms with van der Waals surface area (Å²) in [4.78, 5) is 14.1. The van der Waals surface area contributed by atoms with Crippen LogP contribution in [-0.4, -0.2) is 16.5 Å². The van der Waals surface area contributed by atoms with Crippen molar-refractivity contribution in [1.29, 1.82) is 0 Å². The van der Waals surface area contributed by atoms with Gasteiger partial charge in [0.15, 0.2) is 0 Å². The number of aromatic nitrogens is 1. The van der Waals surface area contributed by atoms with Crippen molar-refractivity contribution < 1.29 is 4.92 Å². The monoisotopic (exact) mass is 243 g/mol. The molecule has 0 amide bonds. The Morgan fingerprint density at radius 3 is 2.62 bits per heavy atom. The Hall–Kier alpha value is -1.36. The molecule has 0 aromatic carbocycles. The van der Waals surface area contributed by atoms with E-state index in [1.54, 1.807) is 0 Å². The molecule has 0 aliphatic rings. The third kappa shape index (κ3) is 4.02. The van der Waals surface area contributed by atoms with Gasteiger partial charge in [-0.2, -0.15) is 0 Å². The largest absolute Gasteiger partial charge is 0.369 e. The number of nitro groups is 1. The van der Waals surface area contributed by atoms with Crippen LogP contribution in [0.1, 0.15) is 20.8 Å². The van der Waals surface area contributed by atoms with Gasteiger partial charge in [0.2, 0.25) is 0 Å². The number of nitrogens with zero attached hydrogens (tertiary/aromatic N) is 2. The average Bonchev–Trinajstić information content (AvgIpc) is 2.13. The molecule has 0 fully saturated rings. The van der Waals surface area contributed by atoms with Gasteiger partial charge >= 0.3 is 0 Å². The molecule has 6 heteroatoms. The van der Waals surface area contributed by atoms with Crippen LogP contribution < -0.4 is 5.32 Å². The van der Waals surface area contributed by atoms with E-state index in [1.807, 2.05) is 0 Å². The first-order valence-corrected chi connectivity index (χ1v) is 5.21. The molecule has 0 bridgehead atoms. The second-order valence-corrected chi connectivity index (χ2v) is 5.09. The molecule has 5 nitrogen and oxygen atoms in total. The molecule has 1 aromatic rings. The third-order valence-corrected chi connectivity index (χ3v) is 1.98. The molecule has 0 unspecified atom stereocenters. The molecule has 0 aliphatic heterocycles. The SMILES string of the molecule is CC(C)(C)CNc1cc([N+](=O)[O-])cc(Cl)n1. The van der Waals surface area contributed by atoms with Crippen LogP contribution in [0.4, 0.5) is 11.5 Å². The van der Waals surface area contributed by atoms with Crippen LogP contribution >= 0.6 is 11.6 Å². The maximum absolute atomic E-state index is 10.6. The first-order chi connectivity index (χ1) is 7.28. The second-order valence-electron chi connectivity index (χ2n) is 4.70. The van der Waals surface area contributed by atoms with Gasteiger partial charge in [-0.1, -0.05) is 32.4 Å². The lowest BCUT2D eigenvalue weighted by atomic mass is 9.97. The molecule has 1 heterocycles. The first-order valence-electron chi connectivity index (χ1n) is 4.84. The summed E-state index contributed by atoms with van der Waals surface area (Å²) in [6.07, 6.45) is 0. The summed E-state index contributed by atoms with van der Waals surface area (Å²) in [5, 5.41) is 13.7. The zero-order chi connectivity index (χ0) is 12.3. The van der Waals surface area contributed by atoms with Crippen molar-refractivity contribution in [2.45, 2.75) is 20.8 Å². The van der Waals surface area contributed by atoms with Crippen molar-refractivity contribution in [1.82, 2.24) is 4.98 Å². The average molecular weight is 244 g/mol. The Balaban J connectivity index is 2.85. The number of pyridine rings is 1. The van der Waals surface area contributed by atoms with E-state index in [0.717, 1.165) is 0 Å². The van der Waals surface area contributed by atoms with E-state index in [9.17, 15) is 10.1 Å². The summed E-state index contributed by atoms with van der Waals surface area (Å²) in [5.41, 5.74) is 0.00935. The van der Waals surface area contributed by atoms with Gasteiger partial charge in [0.25, 0.3) is 5.69 Å². The van der Waals surface area contributed by atoms with Crippen molar-refractivity contribution in [2.75, 3.05) is 11.9 Å². The molecule has 0 saturated carbocycles. The smallest absolute Gasteiger partial charge is 0.276 e. The minimum Gasteiger partial charge on any atom is -0.369 e. The fourth-order valence-corrected chi connectivity index (χ4v) is 1.24.